The van der Waals surface area contributed by atoms with Gasteiger partial charge in [-0.15, -0.1) is 0 Å². The molecule has 23 heavy (non-hydrogen) atoms. The lowest BCUT2D eigenvalue weighted by Crippen LogP contribution is -2.27. The average molecular weight is 333 g/mol. The molecule has 1 atom stereocenters. The Bertz CT molecular complexity index is 848. The summed E-state index contributed by atoms with van der Waals surface area (Å²) >= 11 is -1.36. The summed E-state index contributed by atoms with van der Waals surface area (Å²) in [4.78, 5) is 17.0. The molecule has 0 aliphatic carbocycles. The van der Waals surface area contributed by atoms with Crippen molar-refractivity contribution in [1.29, 1.82) is 0 Å². The topological polar surface area (TPSA) is 70.3 Å². The monoisotopic (exact) mass is 333 g/mol. The first-order valence-corrected chi connectivity index (χ1v) is 8.58. The lowest BCUT2D eigenvalue weighted by atomic mass is 10.0. The zero-order chi connectivity index (χ0) is 17.5. The highest BCUT2D eigenvalue weighted by atomic mass is 32.2. The number of aryl methyl sites for hydroxylation is 2. The molecule has 0 radical (unpaired) electrons. The van der Waals surface area contributed by atoms with E-state index < -0.39 is 16.1 Å². The summed E-state index contributed by atoms with van der Waals surface area (Å²) < 4.78 is 17.7. The smallest absolute Gasteiger partial charge is 0.261 e. The van der Waals surface area contributed by atoms with Crippen molar-refractivity contribution in [3.63, 3.8) is 0 Å². The second kappa shape index (κ2) is 6.09. The Balaban J connectivity index is 2.75. The molecule has 0 N–H and O–H groups in total. The fraction of sp³-hybridized carbons (Fsp3) is 0.471. The number of hydrogen-bond donors (Lipinski definition) is 0. The Morgan fingerprint density at radius 3 is 2.48 bits per heavy atom. The van der Waals surface area contributed by atoms with Crippen LogP contribution in [0.15, 0.2) is 21.3 Å². The van der Waals surface area contributed by atoms with Gasteiger partial charge in [0, 0.05) is 12.6 Å². The molecule has 5 nitrogen and oxygen atoms in total. The summed E-state index contributed by atoms with van der Waals surface area (Å²) in [5.74, 6) is 0.636. The third-order valence-electron chi connectivity index (χ3n) is 3.68. The van der Waals surface area contributed by atoms with E-state index in [-0.39, 0.29) is 5.56 Å². The number of hydrogen-bond acceptors (Lipinski definition) is 4. The van der Waals surface area contributed by atoms with Crippen LogP contribution in [0.3, 0.4) is 0 Å². The maximum atomic E-state index is 12.5. The van der Waals surface area contributed by atoms with Crippen molar-refractivity contribution in [3.8, 4) is 0 Å². The molecule has 0 amide bonds. The number of nitrogens with zero attached hydrogens (tertiary/aromatic N) is 3. The van der Waals surface area contributed by atoms with Crippen molar-refractivity contribution in [3.05, 3.63) is 39.4 Å². The van der Waals surface area contributed by atoms with E-state index >= 15 is 0 Å². The molecule has 0 aliphatic heterocycles. The van der Waals surface area contributed by atoms with Gasteiger partial charge in [0.15, 0.2) is 0 Å². The Hall–Kier alpha value is -1.66. The van der Waals surface area contributed by atoms with Crippen LogP contribution in [0.5, 0.6) is 0 Å². The number of rotatable bonds is 2. The Morgan fingerprint density at radius 1 is 1.30 bits per heavy atom. The van der Waals surface area contributed by atoms with Crippen molar-refractivity contribution in [2.24, 2.45) is 11.4 Å². The van der Waals surface area contributed by atoms with Gasteiger partial charge in [-0.25, -0.2) is 4.98 Å². The standard InChI is InChI=1S/C17H23N3O2S/c1-10-8-13(11(2)19-23(22)17(4,5)6)15-14(9-10)16(21)20(7)12(3)18-15/h8-9H,1-7H3/b19-11-/t23-/m1/s1. The highest BCUT2D eigenvalue weighted by Crippen LogP contribution is 2.22. The predicted molar refractivity (Wildman–Crippen MR) is 96.6 cm³/mol. The summed E-state index contributed by atoms with van der Waals surface area (Å²) in [6, 6.07) is 3.77. The second-order valence-corrected chi connectivity index (χ2v) is 8.68. The molecular weight excluding hydrogens is 310 g/mol. The molecule has 0 fully saturated rings. The van der Waals surface area contributed by atoms with Crippen molar-refractivity contribution in [2.45, 2.75) is 46.3 Å². The van der Waals surface area contributed by atoms with Gasteiger partial charge in [-0.3, -0.25) is 9.36 Å². The molecule has 2 rings (SSSR count). The first-order chi connectivity index (χ1) is 10.5. The van der Waals surface area contributed by atoms with E-state index in [1.165, 1.54) is 4.57 Å². The van der Waals surface area contributed by atoms with Gasteiger partial charge in [0.1, 0.15) is 21.9 Å². The van der Waals surface area contributed by atoms with Crippen LogP contribution < -0.4 is 5.56 Å². The molecule has 0 unspecified atom stereocenters. The van der Waals surface area contributed by atoms with Crippen molar-refractivity contribution < 1.29 is 4.55 Å². The first-order valence-electron chi connectivity index (χ1n) is 7.48. The molecular formula is C17H23N3O2S. The van der Waals surface area contributed by atoms with Gasteiger partial charge in [-0.2, -0.15) is 0 Å². The molecule has 124 valence electrons. The third-order valence-corrected chi connectivity index (χ3v) is 5.17. The maximum absolute atomic E-state index is 12.5. The van der Waals surface area contributed by atoms with Crippen LogP contribution >= 0.6 is 0 Å². The Labute approximate surface area is 139 Å². The van der Waals surface area contributed by atoms with Crippen molar-refractivity contribution in [2.75, 3.05) is 0 Å². The van der Waals surface area contributed by atoms with Gasteiger partial charge in [-0.1, -0.05) is 4.40 Å². The summed E-state index contributed by atoms with van der Waals surface area (Å²) in [6.45, 7) is 11.2. The van der Waals surface area contributed by atoms with Crippen molar-refractivity contribution >= 4 is 28.0 Å². The van der Waals surface area contributed by atoms with E-state index in [1.54, 1.807) is 14.0 Å². The molecule has 2 aromatic rings. The highest BCUT2D eigenvalue weighted by Gasteiger charge is 2.27. The van der Waals surface area contributed by atoms with Crippen LogP contribution in [0, 0.1) is 13.8 Å². The minimum atomic E-state index is -1.36. The van der Waals surface area contributed by atoms with Crippen LogP contribution in [0.25, 0.3) is 10.9 Å². The van der Waals surface area contributed by atoms with E-state index in [2.05, 4.69) is 9.38 Å². The van der Waals surface area contributed by atoms with E-state index in [9.17, 15) is 9.35 Å². The molecule has 1 heterocycles. The summed E-state index contributed by atoms with van der Waals surface area (Å²) in [5.41, 5.74) is 2.88. The summed E-state index contributed by atoms with van der Waals surface area (Å²) in [6.07, 6.45) is 0. The molecule has 1 aromatic carbocycles. The van der Waals surface area contributed by atoms with Gasteiger partial charge in [0.05, 0.1) is 16.6 Å². The molecule has 6 heteroatoms. The molecule has 0 spiro atoms. The maximum Gasteiger partial charge on any atom is 0.261 e. The van der Waals surface area contributed by atoms with Gasteiger partial charge >= 0.3 is 0 Å². The number of aromatic nitrogens is 2. The van der Waals surface area contributed by atoms with Crippen LogP contribution in [0.4, 0.5) is 0 Å². The Kier molecular flexibility index (Phi) is 4.69. The Morgan fingerprint density at radius 2 is 1.91 bits per heavy atom. The number of fused-ring (bicyclic) bond motifs is 1. The molecule has 1 aromatic heterocycles. The van der Waals surface area contributed by atoms with Crippen molar-refractivity contribution in [1.82, 2.24) is 9.55 Å². The number of benzene rings is 1. The molecule has 0 saturated carbocycles. The molecule has 0 bridgehead atoms. The predicted octanol–water partition coefficient (Wildman–Crippen LogP) is 2.82. The average Bonchev–Trinajstić information content (AvgIpc) is 2.44. The van der Waals surface area contributed by atoms with Crippen LogP contribution in [0.2, 0.25) is 0 Å². The highest BCUT2D eigenvalue weighted by molar-refractivity contribution is 7.91. The minimum Gasteiger partial charge on any atom is -0.591 e. The summed E-state index contributed by atoms with van der Waals surface area (Å²) in [5, 5.41) is 0.559. The zero-order valence-electron chi connectivity index (χ0n) is 14.7. The zero-order valence-corrected chi connectivity index (χ0v) is 15.5. The second-order valence-electron chi connectivity index (χ2n) is 6.77. The van der Waals surface area contributed by atoms with Gasteiger partial charge in [-0.05, 0) is 59.2 Å². The lowest BCUT2D eigenvalue weighted by Gasteiger charge is -2.19. The van der Waals surface area contributed by atoms with Crippen LogP contribution in [-0.2, 0) is 18.4 Å². The fourth-order valence-corrected chi connectivity index (χ4v) is 2.83. The van der Waals surface area contributed by atoms with E-state index in [1.807, 2.05) is 46.8 Å². The first kappa shape index (κ1) is 17.7. The quantitative estimate of drug-likeness (QED) is 0.627. The van der Waals surface area contributed by atoms with Gasteiger partial charge < -0.3 is 4.55 Å². The molecule has 0 saturated heterocycles. The SMILES string of the molecule is C/C(=N/[S@+]([O-])C(C)(C)C)c1cc(C)cc2c(=O)n(C)c(C)nc12. The van der Waals surface area contributed by atoms with Crippen LogP contribution in [0.1, 0.15) is 44.6 Å². The minimum absolute atomic E-state index is 0.0813. The largest absolute Gasteiger partial charge is 0.591 e. The van der Waals surface area contributed by atoms with E-state index in [4.69, 9.17) is 0 Å². The molecule has 0 aliphatic rings. The van der Waals surface area contributed by atoms with E-state index in [0.717, 1.165) is 11.1 Å². The van der Waals surface area contributed by atoms with Crippen LogP contribution in [-0.4, -0.2) is 24.6 Å². The lowest BCUT2D eigenvalue weighted by molar-refractivity contribution is 0.561. The van der Waals surface area contributed by atoms with Gasteiger partial charge in [0.2, 0.25) is 0 Å². The normalized spacial score (nSPS) is 14.3. The van der Waals surface area contributed by atoms with Gasteiger partial charge in [0.25, 0.3) is 5.56 Å². The third kappa shape index (κ3) is 3.48. The summed E-state index contributed by atoms with van der Waals surface area (Å²) in [7, 11) is 1.71. The van der Waals surface area contributed by atoms with E-state index in [0.29, 0.717) is 22.4 Å². The fourth-order valence-electron chi connectivity index (χ4n) is 2.21.